The number of rotatable bonds is 4. The number of piperidine rings is 1. The number of carbonyl (C=O) groups excluding carboxylic acids is 1. The van der Waals surface area contributed by atoms with Gasteiger partial charge in [0.05, 0.1) is 16.0 Å². The fraction of sp³-hybridized carbons (Fsp3) is 0.467. The molecule has 0 atom stereocenters. The largest absolute Gasteiger partial charge is 0.478 e. The summed E-state index contributed by atoms with van der Waals surface area (Å²) in [6.07, 6.45) is 2.34. The van der Waals surface area contributed by atoms with E-state index in [9.17, 15) is 9.59 Å². The smallest absolute Gasteiger partial charge is 0.337 e. The van der Waals surface area contributed by atoms with E-state index in [0.717, 1.165) is 32.4 Å². The van der Waals surface area contributed by atoms with Crippen LogP contribution in [-0.4, -0.2) is 30.1 Å². The molecule has 0 aliphatic carbocycles. The zero-order valence-corrected chi connectivity index (χ0v) is 12.7. The minimum atomic E-state index is -1.11. The minimum Gasteiger partial charge on any atom is -0.478 e. The van der Waals surface area contributed by atoms with E-state index >= 15 is 0 Å². The molecule has 21 heavy (non-hydrogen) atoms. The van der Waals surface area contributed by atoms with E-state index in [1.807, 2.05) is 6.92 Å². The molecular weight excluding hydrogens is 292 g/mol. The standard InChI is InChI=1S/C15H19ClN2O3/c1-2-15(5-7-17-8-6-15)14(21)18-10-3-4-12(16)11(9-10)13(19)20/h3-4,9,17H,2,5-8H2,1H3,(H,18,21)(H,19,20). The second-order valence-corrected chi connectivity index (χ2v) is 5.74. The van der Waals surface area contributed by atoms with Crippen molar-refractivity contribution in [3.8, 4) is 0 Å². The first-order valence-corrected chi connectivity index (χ1v) is 7.41. The predicted octanol–water partition coefficient (Wildman–Crippen LogP) is 2.76. The third-order valence-electron chi connectivity index (χ3n) is 4.17. The molecule has 0 unspecified atom stereocenters. The van der Waals surface area contributed by atoms with Gasteiger partial charge in [0.15, 0.2) is 0 Å². The van der Waals surface area contributed by atoms with Gasteiger partial charge in [0, 0.05) is 5.69 Å². The van der Waals surface area contributed by atoms with Gasteiger partial charge in [-0.1, -0.05) is 18.5 Å². The summed E-state index contributed by atoms with van der Waals surface area (Å²) in [5.74, 6) is -1.16. The Balaban J connectivity index is 2.19. The van der Waals surface area contributed by atoms with Crippen molar-refractivity contribution in [3.63, 3.8) is 0 Å². The van der Waals surface area contributed by atoms with Gasteiger partial charge in [0.25, 0.3) is 0 Å². The number of amides is 1. The van der Waals surface area contributed by atoms with Gasteiger partial charge < -0.3 is 15.7 Å². The molecule has 0 saturated carbocycles. The summed E-state index contributed by atoms with van der Waals surface area (Å²) in [6.45, 7) is 3.65. The van der Waals surface area contributed by atoms with Gasteiger partial charge >= 0.3 is 5.97 Å². The molecule has 1 aliphatic heterocycles. The number of carbonyl (C=O) groups is 2. The van der Waals surface area contributed by atoms with Gasteiger partial charge in [0.1, 0.15) is 0 Å². The minimum absolute atomic E-state index is 0.00896. The van der Waals surface area contributed by atoms with Gasteiger partial charge in [-0.05, 0) is 50.6 Å². The van der Waals surface area contributed by atoms with E-state index < -0.39 is 5.97 Å². The summed E-state index contributed by atoms with van der Waals surface area (Å²) in [5, 5.41) is 15.3. The lowest BCUT2D eigenvalue weighted by Gasteiger charge is -2.35. The maximum atomic E-state index is 12.6. The van der Waals surface area contributed by atoms with E-state index in [-0.39, 0.29) is 21.9 Å². The number of hydrogen-bond acceptors (Lipinski definition) is 3. The number of carboxylic acids is 1. The third-order valence-corrected chi connectivity index (χ3v) is 4.50. The van der Waals surface area contributed by atoms with Gasteiger partial charge in [-0.15, -0.1) is 0 Å². The van der Waals surface area contributed by atoms with E-state index in [4.69, 9.17) is 16.7 Å². The molecule has 6 heteroatoms. The lowest BCUT2D eigenvalue weighted by molar-refractivity contribution is -0.127. The normalized spacial score (nSPS) is 17.2. The average molecular weight is 311 g/mol. The Morgan fingerprint density at radius 2 is 2.05 bits per heavy atom. The SMILES string of the molecule is CCC1(C(=O)Nc2ccc(Cl)c(C(=O)O)c2)CCNCC1. The Labute approximate surface area is 128 Å². The molecule has 1 amide bonds. The Kier molecular flexibility index (Phi) is 4.85. The number of hydrogen-bond donors (Lipinski definition) is 3. The van der Waals surface area contributed by atoms with Crippen LogP contribution in [0.15, 0.2) is 18.2 Å². The van der Waals surface area contributed by atoms with E-state index in [1.165, 1.54) is 12.1 Å². The number of anilines is 1. The second-order valence-electron chi connectivity index (χ2n) is 5.34. The zero-order valence-electron chi connectivity index (χ0n) is 11.9. The first kappa shape index (κ1) is 15.8. The maximum absolute atomic E-state index is 12.6. The highest BCUT2D eigenvalue weighted by molar-refractivity contribution is 6.33. The van der Waals surface area contributed by atoms with Gasteiger partial charge in [-0.3, -0.25) is 4.79 Å². The van der Waals surface area contributed by atoms with Crippen molar-refractivity contribution in [2.45, 2.75) is 26.2 Å². The predicted molar refractivity (Wildman–Crippen MR) is 81.9 cm³/mol. The Morgan fingerprint density at radius 1 is 1.38 bits per heavy atom. The van der Waals surface area contributed by atoms with Crippen molar-refractivity contribution in [2.75, 3.05) is 18.4 Å². The van der Waals surface area contributed by atoms with Crippen molar-refractivity contribution >= 4 is 29.2 Å². The summed E-state index contributed by atoms with van der Waals surface area (Å²) in [6, 6.07) is 4.51. The van der Waals surface area contributed by atoms with Crippen molar-refractivity contribution < 1.29 is 14.7 Å². The molecule has 0 radical (unpaired) electrons. The molecular formula is C15H19ClN2O3. The van der Waals surface area contributed by atoms with Gasteiger partial charge in [-0.2, -0.15) is 0 Å². The van der Waals surface area contributed by atoms with Crippen molar-refractivity contribution in [1.29, 1.82) is 0 Å². The van der Waals surface area contributed by atoms with Crippen LogP contribution in [0.1, 0.15) is 36.5 Å². The summed E-state index contributed by atoms with van der Waals surface area (Å²) in [7, 11) is 0. The van der Waals surface area contributed by atoms with Crippen LogP contribution in [-0.2, 0) is 4.79 Å². The maximum Gasteiger partial charge on any atom is 0.337 e. The van der Waals surface area contributed by atoms with Gasteiger partial charge in [-0.25, -0.2) is 4.79 Å². The quantitative estimate of drug-likeness (QED) is 0.799. The lowest BCUT2D eigenvalue weighted by Crippen LogP contribution is -2.44. The summed E-state index contributed by atoms with van der Waals surface area (Å²) in [5.41, 5.74) is 0.0762. The van der Waals surface area contributed by atoms with Crippen LogP contribution >= 0.6 is 11.6 Å². The van der Waals surface area contributed by atoms with E-state index in [0.29, 0.717) is 5.69 Å². The first-order valence-electron chi connectivity index (χ1n) is 7.03. The highest BCUT2D eigenvalue weighted by atomic mass is 35.5. The summed E-state index contributed by atoms with van der Waals surface area (Å²) >= 11 is 5.83. The zero-order chi connectivity index (χ0) is 15.5. The average Bonchev–Trinajstić information content (AvgIpc) is 2.49. The summed E-state index contributed by atoms with van der Waals surface area (Å²) < 4.78 is 0. The molecule has 0 bridgehead atoms. The lowest BCUT2D eigenvalue weighted by atomic mass is 9.76. The van der Waals surface area contributed by atoms with Crippen LogP contribution in [0, 0.1) is 5.41 Å². The van der Waals surface area contributed by atoms with Crippen LogP contribution < -0.4 is 10.6 Å². The highest BCUT2D eigenvalue weighted by Crippen LogP contribution is 2.34. The number of halogens is 1. The van der Waals surface area contributed by atoms with Crippen LogP contribution in [0.25, 0.3) is 0 Å². The molecule has 1 aliphatic rings. The van der Waals surface area contributed by atoms with Crippen molar-refractivity contribution in [1.82, 2.24) is 5.32 Å². The molecule has 2 rings (SSSR count). The summed E-state index contributed by atoms with van der Waals surface area (Å²) in [4.78, 5) is 23.6. The fourth-order valence-corrected chi connectivity index (χ4v) is 2.88. The van der Waals surface area contributed by atoms with Crippen molar-refractivity contribution in [3.05, 3.63) is 28.8 Å². The molecule has 0 spiro atoms. The Hall–Kier alpha value is -1.59. The number of nitrogens with one attached hydrogen (secondary N) is 2. The fourth-order valence-electron chi connectivity index (χ4n) is 2.68. The molecule has 1 aromatic carbocycles. The molecule has 1 saturated heterocycles. The number of carboxylic acid groups (broad SMARTS) is 1. The Bertz CT molecular complexity index is 554. The monoisotopic (exact) mass is 310 g/mol. The second kappa shape index (κ2) is 6.45. The number of benzene rings is 1. The van der Waals surface area contributed by atoms with Crippen LogP contribution in [0.4, 0.5) is 5.69 Å². The molecule has 114 valence electrons. The topological polar surface area (TPSA) is 78.4 Å². The first-order chi connectivity index (χ1) is 9.98. The third kappa shape index (κ3) is 3.36. The molecule has 0 aromatic heterocycles. The van der Waals surface area contributed by atoms with Crippen LogP contribution in [0.5, 0.6) is 0 Å². The number of aromatic carboxylic acids is 1. The van der Waals surface area contributed by atoms with Gasteiger partial charge in [0.2, 0.25) is 5.91 Å². The van der Waals surface area contributed by atoms with Crippen LogP contribution in [0.3, 0.4) is 0 Å². The van der Waals surface area contributed by atoms with E-state index in [1.54, 1.807) is 6.07 Å². The Morgan fingerprint density at radius 3 is 2.62 bits per heavy atom. The molecule has 3 N–H and O–H groups in total. The van der Waals surface area contributed by atoms with Crippen molar-refractivity contribution in [2.24, 2.45) is 5.41 Å². The molecule has 1 heterocycles. The molecule has 1 fully saturated rings. The van der Waals surface area contributed by atoms with E-state index in [2.05, 4.69) is 10.6 Å². The molecule has 1 aromatic rings. The van der Waals surface area contributed by atoms with Crippen LogP contribution in [0.2, 0.25) is 5.02 Å². The molecule has 5 nitrogen and oxygen atoms in total. The highest BCUT2D eigenvalue weighted by Gasteiger charge is 2.37.